The lowest BCUT2D eigenvalue weighted by Crippen LogP contribution is -2.33. The zero-order valence-electron chi connectivity index (χ0n) is 11.2. The molecular weight excluding hydrogens is 253 g/mol. The van der Waals surface area contributed by atoms with Gasteiger partial charge >= 0.3 is 7.12 Å². The number of hydrogen-bond acceptors (Lipinski definition) is 3. The molecule has 1 atom stereocenters. The molecule has 0 heterocycles. The molecule has 0 aliphatic carbocycles. The predicted molar refractivity (Wildman–Crippen MR) is 70.4 cm³/mol. The second kappa shape index (κ2) is 7.45. The summed E-state index contributed by atoms with van der Waals surface area (Å²) in [7, 11) is -2.04. The number of hydrogen-bond donors (Lipinski definition) is 2. The topological polar surface area (TPSA) is 49.7 Å². The van der Waals surface area contributed by atoms with Gasteiger partial charge in [0.1, 0.15) is 0 Å². The van der Waals surface area contributed by atoms with Crippen molar-refractivity contribution >= 4 is 12.6 Å². The molecule has 0 bridgehead atoms. The Morgan fingerprint density at radius 2 is 1.95 bits per heavy atom. The van der Waals surface area contributed by atoms with Crippen LogP contribution in [0.25, 0.3) is 0 Å². The maximum atomic E-state index is 13.6. The van der Waals surface area contributed by atoms with E-state index >= 15 is 0 Å². The molecule has 0 fully saturated rings. The third kappa shape index (κ3) is 4.47. The van der Waals surface area contributed by atoms with E-state index in [1.54, 1.807) is 0 Å². The second-order valence-electron chi connectivity index (χ2n) is 4.71. The van der Waals surface area contributed by atoms with E-state index in [2.05, 4.69) is 6.92 Å². The molecule has 0 saturated carbocycles. The molecule has 1 rings (SSSR count). The minimum absolute atomic E-state index is 0.203. The van der Waals surface area contributed by atoms with Crippen LogP contribution >= 0.6 is 0 Å². The number of rotatable bonds is 7. The maximum Gasteiger partial charge on any atom is 0.491 e. The number of halogens is 2. The molecule has 2 N–H and O–H groups in total. The lowest BCUT2D eigenvalue weighted by atomic mass is 9.80. The monoisotopic (exact) mass is 272 g/mol. The molecular formula is C13H19BF2O3. The van der Waals surface area contributed by atoms with Crippen molar-refractivity contribution in [3.05, 3.63) is 23.8 Å². The van der Waals surface area contributed by atoms with Crippen molar-refractivity contribution in [2.75, 3.05) is 6.61 Å². The molecule has 0 aliphatic heterocycles. The number of benzene rings is 1. The van der Waals surface area contributed by atoms with Crippen molar-refractivity contribution in [3.8, 4) is 5.75 Å². The summed E-state index contributed by atoms with van der Waals surface area (Å²) in [5.41, 5.74) is -0.496. The largest absolute Gasteiger partial charge is 0.491 e. The number of ether oxygens (including phenoxy) is 1. The van der Waals surface area contributed by atoms with E-state index in [1.165, 1.54) is 6.07 Å². The molecule has 3 nitrogen and oxygen atoms in total. The van der Waals surface area contributed by atoms with Gasteiger partial charge in [-0.1, -0.05) is 32.8 Å². The van der Waals surface area contributed by atoms with E-state index in [1.807, 2.05) is 6.92 Å². The Balaban J connectivity index is 2.67. The van der Waals surface area contributed by atoms with Gasteiger partial charge in [0.05, 0.1) is 6.61 Å². The summed E-state index contributed by atoms with van der Waals surface area (Å²) >= 11 is 0. The Hall–Kier alpha value is -1.14. The summed E-state index contributed by atoms with van der Waals surface area (Å²) < 4.78 is 32.3. The SMILES string of the molecule is CCCCC(C)COc1ccc(B(O)O)c(F)c1F. The van der Waals surface area contributed by atoms with Crippen LogP contribution in [-0.4, -0.2) is 23.8 Å². The average Bonchev–Trinajstić information content (AvgIpc) is 2.37. The van der Waals surface area contributed by atoms with Gasteiger partial charge in [-0.05, 0) is 18.4 Å². The molecule has 0 saturated heterocycles. The second-order valence-corrected chi connectivity index (χ2v) is 4.71. The van der Waals surface area contributed by atoms with Crippen LogP contribution in [0, 0.1) is 17.6 Å². The summed E-state index contributed by atoms with van der Waals surface area (Å²) in [6, 6.07) is 2.31. The van der Waals surface area contributed by atoms with Gasteiger partial charge in [-0.25, -0.2) is 4.39 Å². The highest BCUT2D eigenvalue weighted by atomic mass is 19.2. The first-order valence-corrected chi connectivity index (χ1v) is 6.44. The van der Waals surface area contributed by atoms with E-state index in [0.29, 0.717) is 6.61 Å². The average molecular weight is 272 g/mol. The Kier molecular flexibility index (Phi) is 6.25. The first kappa shape index (κ1) is 15.9. The van der Waals surface area contributed by atoms with Crippen molar-refractivity contribution in [3.63, 3.8) is 0 Å². The predicted octanol–water partition coefficient (Wildman–Crippen LogP) is 1.85. The van der Waals surface area contributed by atoms with Crippen LogP contribution in [0.3, 0.4) is 0 Å². The smallest absolute Gasteiger partial charge is 0.490 e. The van der Waals surface area contributed by atoms with Crippen molar-refractivity contribution in [1.82, 2.24) is 0 Å². The van der Waals surface area contributed by atoms with Crippen LogP contribution in [0.2, 0.25) is 0 Å². The molecule has 1 aromatic rings. The van der Waals surface area contributed by atoms with Gasteiger partial charge in [0.2, 0.25) is 0 Å². The molecule has 19 heavy (non-hydrogen) atoms. The highest BCUT2D eigenvalue weighted by Crippen LogP contribution is 2.20. The number of unbranched alkanes of at least 4 members (excludes halogenated alkanes) is 1. The zero-order valence-corrected chi connectivity index (χ0v) is 11.2. The van der Waals surface area contributed by atoms with Crippen LogP contribution < -0.4 is 10.2 Å². The molecule has 1 unspecified atom stereocenters. The summed E-state index contributed by atoms with van der Waals surface area (Å²) in [5, 5.41) is 17.7. The summed E-state index contributed by atoms with van der Waals surface area (Å²) in [5.74, 6) is -2.42. The summed E-state index contributed by atoms with van der Waals surface area (Å²) in [4.78, 5) is 0. The molecule has 0 spiro atoms. The quantitative estimate of drug-likeness (QED) is 0.745. The van der Waals surface area contributed by atoms with Gasteiger partial charge in [-0.2, -0.15) is 4.39 Å². The van der Waals surface area contributed by atoms with Crippen LogP contribution in [0.15, 0.2) is 12.1 Å². The molecule has 1 aromatic carbocycles. The third-order valence-electron chi connectivity index (χ3n) is 2.93. The highest BCUT2D eigenvalue weighted by molar-refractivity contribution is 6.58. The molecule has 0 aromatic heterocycles. The standard InChI is InChI=1S/C13H19BF2O3/c1-3-4-5-9(2)8-19-11-7-6-10(14(17)18)12(15)13(11)16/h6-7,9,17-18H,3-5,8H2,1-2H3. The minimum Gasteiger partial charge on any atom is -0.490 e. The molecule has 6 heteroatoms. The molecule has 0 amide bonds. The Labute approximate surface area is 112 Å². The fraction of sp³-hybridized carbons (Fsp3) is 0.538. The van der Waals surface area contributed by atoms with Crippen molar-refractivity contribution < 1.29 is 23.6 Å². The fourth-order valence-corrected chi connectivity index (χ4v) is 1.73. The highest BCUT2D eigenvalue weighted by Gasteiger charge is 2.22. The first-order valence-electron chi connectivity index (χ1n) is 6.44. The van der Waals surface area contributed by atoms with E-state index in [-0.39, 0.29) is 11.7 Å². The van der Waals surface area contributed by atoms with Crippen molar-refractivity contribution in [2.24, 2.45) is 5.92 Å². The summed E-state index contributed by atoms with van der Waals surface area (Å²) in [6.07, 6.45) is 3.11. The van der Waals surface area contributed by atoms with Gasteiger partial charge in [-0.3, -0.25) is 0 Å². The molecule has 106 valence electrons. The van der Waals surface area contributed by atoms with E-state index in [9.17, 15) is 8.78 Å². The maximum absolute atomic E-state index is 13.6. The van der Waals surface area contributed by atoms with Gasteiger partial charge < -0.3 is 14.8 Å². The van der Waals surface area contributed by atoms with E-state index in [4.69, 9.17) is 14.8 Å². The van der Waals surface area contributed by atoms with Crippen molar-refractivity contribution in [2.45, 2.75) is 33.1 Å². The van der Waals surface area contributed by atoms with Gasteiger partial charge in [0.15, 0.2) is 17.4 Å². The van der Waals surface area contributed by atoms with Gasteiger partial charge in [0, 0.05) is 5.46 Å². The van der Waals surface area contributed by atoms with Crippen LogP contribution in [0.4, 0.5) is 8.78 Å². The zero-order chi connectivity index (χ0) is 14.4. The van der Waals surface area contributed by atoms with Crippen LogP contribution in [0.1, 0.15) is 33.1 Å². The Morgan fingerprint density at radius 1 is 1.26 bits per heavy atom. The molecule has 0 radical (unpaired) electrons. The summed E-state index contributed by atoms with van der Waals surface area (Å²) in [6.45, 7) is 4.37. The first-order chi connectivity index (χ1) is 8.97. The minimum atomic E-state index is -2.04. The fourth-order valence-electron chi connectivity index (χ4n) is 1.73. The Bertz CT molecular complexity index is 413. The van der Waals surface area contributed by atoms with Gasteiger partial charge in [0.25, 0.3) is 0 Å². The van der Waals surface area contributed by atoms with Crippen molar-refractivity contribution in [1.29, 1.82) is 0 Å². The normalized spacial score (nSPS) is 12.3. The van der Waals surface area contributed by atoms with Gasteiger partial charge in [-0.15, -0.1) is 0 Å². The van der Waals surface area contributed by atoms with Crippen LogP contribution in [0.5, 0.6) is 5.75 Å². The van der Waals surface area contributed by atoms with Crippen LogP contribution in [-0.2, 0) is 0 Å². The Morgan fingerprint density at radius 3 is 2.53 bits per heavy atom. The lowest BCUT2D eigenvalue weighted by Gasteiger charge is -2.14. The van der Waals surface area contributed by atoms with E-state index < -0.39 is 24.2 Å². The molecule has 0 aliphatic rings. The third-order valence-corrected chi connectivity index (χ3v) is 2.93. The lowest BCUT2D eigenvalue weighted by molar-refractivity contribution is 0.237. The van der Waals surface area contributed by atoms with E-state index in [0.717, 1.165) is 25.3 Å².